The summed E-state index contributed by atoms with van der Waals surface area (Å²) in [6.45, 7) is 12.8. The van der Waals surface area contributed by atoms with Crippen LogP contribution in [0, 0.1) is 13.8 Å². The maximum atomic E-state index is 12.9. The molecular formula is C24H36N2O. The summed E-state index contributed by atoms with van der Waals surface area (Å²) in [7, 11) is 0. The highest BCUT2D eigenvalue weighted by molar-refractivity contribution is 5.96. The van der Waals surface area contributed by atoms with Gasteiger partial charge in [-0.1, -0.05) is 71.9 Å². The van der Waals surface area contributed by atoms with Gasteiger partial charge in [0.15, 0.2) is 0 Å². The van der Waals surface area contributed by atoms with Crippen LogP contribution in [0.5, 0.6) is 0 Å². The number of hydrogen-bond donors (Lipinski definition) is 0. The van der Waals surface area contributed by atoms with Crippen molar-refractivity contribution in [3.8, 4) is 0 Å². The third-order valence-electron chi connectivity index (χ3n) is 5.41. The summed E-state index contributed by atoms with van der Waals surface area (Å²) < 4.78 is 1.59. The van der Waals surface area contributed by atoms with Crippen molar-refractivity contribution in [1.82, 2.24) is 9.78 Å². The van der Waals surface area contributed by atoms with Crippen LogP contribution in [-0.2, 0) is 11.8 Å². The number of carbonyl (C=O) groups excluding carboxylic acids is 1. The molecule has 0 radical (unpaired) electrons. The summed E-state index contributed by atoms with van der Waals surface area (Å²) in [4.78, 5) is 12.9. The van der Waals surface area contributed by atoms with Crippen LogP contribution in [0.15, 0.2) is 24.3 Å². The molecule has 27 heavy (non-hydrogen) atoms. The predicted molar refractivity (Wildman–Crippen MR) is 114 cm³/mol. The first-order valence-corrected chi connectivity index (χ1v) is 10.5. The van der Waals surface area contributed by atoms with E-state index < -0.39 is 0 Å². The van der Waals surface area contributed by atoms with Crippen molar-refractivity contribution in [3.63, 3.8) is 0 Å². The Bertz CT molecular complexity index is 748. The van der Waals surface area contributed by atoms with Gasteiger partial charge in [-0.2, -0.15) is 5.10 Å². The summed E-state index contributed by atoms with van der Waals surface area (Å²) in [5.41, 5.74) is 5.23. The molecule has 0 saturated carbocycles. The van der Waals surface area contributed by atoms with Gasteiger partial charge in [0.25, 0.3) is 5.91 Å². The highest BCUT2D eigenvalue weighted by Crippen LogP contribution is 2.23. The van der Waals surface area contributed by atoms with Gasteiger partial charge in [0.05, 0.1) is 5.69 Å². The molecule has 3 heteroatoms. The fourth-order valence-corrected chi connectivity index (χ4v) is 3.55. The van der Waals surface area contributed by atoms with Crippen LogP contribution in [0.25, 0.3) is 0 Å². The lowest BCUT2D eigenvalue weighted by atomic mass is 9.87. The van der Waals surface area contributed by atoms with Gasteiger partial charge in [0.2, 0.25) is 0 Å². The van der Waals surface area contributed by atoms with Gasteiger partial charge in [0, 0.05) is 11.3 Å². The van der Waals surface area contributed by atoms with Gasteiger partial charge < -0.3 is 0 Å². The molecule has 1 aromatic carbocycles. The monoisotopic (exact) mass is 368 g/mol. The molecule has 2 rings (SSSR count). The third kappa shape index (κ3) is 5.54. The van der Waals surface area contributed by atoms with Gasteiger partial charge in [-0.05, 0) is 55.4 Å². The molecule has 3 nitrogen and oxygen atoms in total. The number of benzene rings is 1. The number of aryl methyl sites for hydroxylation is 1. The van der Waals surface area contributed by atoms with E-state index in [9.17, 15) is 4.79 Å². The van der Waals surface area contributed by atoms with Crippen molar-refractivity contribution in [2.75, 3.05) is 0 Å². The molecule has 148 valence electrons. The van der Waals surface area contributed by atoms with Gasteiger partial charge >= 0.3 is 0 Å². The second-order valence-electron chi connectivity index (χ2n) is 8.71. The van der Waals surface area contributed by atoms with E-state index in [0.29, 0.717) is 5.56 Å². The van der Waals surface area contributed by atoms with Crippen LogP contribution in [0.4, 0.5) is 0 Å². The average Bonchev–Trinajstić information content (AvgIpc) is 2.91. The van der Waals surface area contributed by atoms with E-state index in [-0.39, 0.29) is 11.3 Å². The normalized spacial score (nSPS) is 11.8. The predicted octanol–water partition coefficient (Wildman–Crippen LogP) is 6.39. The van der Waals surface area contributed by atoms with E-state index in [1.54, 1.807) is 4.68 Å². The van der Waals surface area contributed by atoms with Gasteiger partial charge in [-0.3, -0.25) is 4.79 Å². The maximum Gasteiger partial charge on any atom is 0.278 e. The Labute approximate surface area is 165 Å². The lowest BCUT2D eigenvalue weighted by Crippen LogP contribution is -2.16. The lowest BCUT2D eigenvalue weighted by molar-refractivity contribution is 0.0942. The van der Waals surface area contributed by atoms with Crippen LogP contribution in [0.3, 0.4) is 0 Å². The maximum absolute atomic E-state index is 12.9. The Morgan fingerprint density at radius 1 is 0.963 bits per heavy atom. The largest absolute Gasteiger partial charge is 0.278 e. The summed E-state index contributed by atoms with van der Waals surface area (Å²) >= 11 is 0. The number of carbonyl (C=O) groups is 1. The fraction of sp³-hybridized carbons (Fsp3) is 0.583. The molecule has 0 aliphatic heterocycles. The highest BCUT2D eigenvalue weighted by Gasteiger charge is 2.19. The molecule has 0 unspecified atom stereocenters. The smallest absolute Gasteiger partial charge is 0.267 e. The molecule has 0 bridgehead atoms. The van der Waals surface area contributed by atoms with Crippen LogP contribution in [-0.4, -0.2) is 15.7 Å². The first-order chi connectivity index (χ1) is 12.8. The fourth-order valence-electron chi connectivity index (χ4n) is 3.55. The number of aromatic nitrogens is 2. The number of unbranched alkanes of at least 4 members (excludes halogenated alkanes) is 5. The molecule has 0 atom stereocenters. The average molecular weight is 369 g/mol. The molecule has 0 spiro atoms. The Morgan fingerprint density at radius 2 is 1.56 bits per heavy atom. The second kappa shape index (κ2) is 9.34. The standard InChI is InChI=1S/C24H36N2O/c1-7-8-9-10-11-12-13-22-18(2)25-26(19(22)3)23(27)20-14-16-21(17-15-20)24(4,5)6/h14-17H,7-13H2,1-6H3. The summed E-state index contributed by atoms with van der Waals surface area (Å²) in [6.07, 6.45) is 8.69. The van der Waals surface area contributed by atoms with Crippen LogP contribution in [0.1, 0.15) is 99.1 Å². The number of nitrogens with zero attached hydrogens (tertiary/aromatic N) is 2. The molecule has 0 amide bonds. The molecule has 0 aliphatic rings. The van der Waals surface area contributed by atoms with E-state index in [1.165, 1.54) is 49.7 Å². The number of hydrogen-bond acceptors (Lipinski definition) is 2. The topological polar surface area (TPSA) is 34.9 Å². The van der Waals surface area contributed by atoms with Crippen LogP contribution in [0.2, 0.25) is 0 Å². The van der Waals surface area contributed by atoms with Crippen molar-refractivity contribution < 1.29 is 4.79 Å². The zero-order valence-corrected chi connectivity index (χ0v) is 18.1. The molecule has 0 N–H and O–H groups in total. The Kier molecular flexibility index (Phi) is 7.41. The first-order valence-electron chi connectivity index (χ1n) is 10.5. The minimum atomic E-state index is -0.0368. The zero-order chi connectivity index (χ0) is 20.0. The SMILES string of the molecule is CCCCCCCCc1c(C)nn(C(=O)c2ccc(C(C)(C)C)cc2)c1C. The Hall–Kier alpha value is -1.90. The van der Waals surface area contributed by atoms with E-state index >= 15 is 0 Å². The Balaban J connectivity index is 2.07. The Morgan fingerprint density at radius 3 is 2.15 bits per heavy atom. The quantitative estimate of drug-likeness (QED) is 0.506. The second-order valence-corrected chi connectivity index (χ2v) is 8.71. The molecule has 1 aromatic heterocycles. The van der Waals surface area contributed by atoms with Gasteiger partial charge in [-0.15, -0.1) is 0 Å². The summed E-state index contributed by atoms with van der Waals surface area (Å²) in [5.74, 6) is -0.0368. The molecule has 0 fully saturated rings. The molecular weight excluding hydrogens is 332 g/mol. The minimum Gasteiger partial charge on any atom is -0.267 e. The summed E-state index contributed by atoms with van der Waals surface area (Å²) in [5, 5.41) is 4.55. The van der Waals surface area contributed by atoms with Gasteiger partial charge in [-0.25, -0.2) is 4.68 Å². The van der Waals surface area contributed by atoms with E-state index in [4.69, 9.17) is 0 Å². The van der Waals surface area contributed by atoms with E-state index in [2.05, 4.69) is 44.9 Å². The minimum absolute atomic E-state index is 0.0368. The van der Waals surface area contributed by atoms with E-state index in [0.717, 1.165) is 17.8 Å². The molecule has 2 aromatic rings. The van der Waals surface area contributed by atoms with Crippen LogP contribution < -0.4 is 0 Å². The van der Waals surface area contributed by atoms with Crippen molar-refractivity contribution in [1.29, 1.82) is 0 Å². The highest BCUT2D eigenvalue weighted by atomic mass is 16.2. The van der Waals surface area contributed by atoms with Crippen molar-refractivity contribution in [2.24, 2.45) is 0 Å². The van der Waals surface area contributed by atoms with Crippen molar-refractivity contribution in [3.05, 3.63) is 52.3 Å². The third-order valence-corrected chi connectivity index (χ3v) is 5.41. The molecule has 0 aliphatic carbocycles. The van der Waals surface area contributed by atoms with Gasteiger partial charge in [0.1, 0.15) is 0 Å². The van der Waals surface area contributed by atoms with Crippen molar-refractivity contribution in [2.45, 2.75) is 91.9 Å². The van der Waals surface area contributed by atoms with Crippen molar-refractivity contribution >= 4 is 5.91 Å². The summed E-state index contributed by atoms with van der Waals surface area (Å²) in [6, 6.07) is 7.95. The first kappa shape index (κ1) is 21.4. The van der Waals surface area contributed by atoms with E-state index in [1.807, 2.05) is 26.0 Å². The molecule has 0 saturated heterocycles. The van der Waals surface area contributed by atoms with Crippen LogP contribution >= 0.6 is 0 Å². The lowest BCUT2D eigenvalue weighted by Gasteiger charge is -2.19. The number of rotatable bonds is 8. The molecule has 1 heterocycles. The zero-order valence-electron chi connectivity index (χ0n) is 18.1.